The van der Waals surface area contributed by atoms with Crippen molar-refractivity contribution >= 4 is 11.4 Å². The van der Waals surface area contributed by atoms with Gasteiger partial charge in [-0.25, -0.2) is 0 Å². The van der Waals surface area contributed by atoms with E-state index in [1.54, 1.807) is 0 Å². The molecule has 3 rings (SSSR count). The molecular weight excluding hydrogens is 276 g/mol. The SMILES string of the molecule is Cc1ccc(NC(O)c2ccccc2)cc1[NH2+]C1NC=CN1. The fourth-order valence-corrected chi connectivity index (χ4v) is 2.41. The van der Waals surface area contributed by atoms with Gasteiger partial charge in [-0.2, -0.15) is 0 Å². The van der Waals surface area contributed by atoms with E-state index in [1.165, 1.54) is 5.56 Å². The zero-order valence-corrected chi connectivity index (χ0v) is 12.5. The second kappa shape index (κ2) is 6.51. The Labute approximate surface area is 130 Å². The third-order valence-corrected chi connectivity index (χ3v) is 3.68. The van der Waals surface area contributed by atoms with Crippen LogP contribution in [-0.2, 0) is 0 Å². The largest absolute Gasteiger partial charge is 0.369 e. The normalized spacial score (nSPS) is 15.2. The maximum Gasteiger partial charge on any atom is 0.241 e. The van der Waals surface area contributed by atoms with Crippen LogP contribution in [0, 0.1) is 6.92 Å². The lowest BCUT2D eigenvalue weighted by Crippen LogP contribution is -2.90. The molecule has 0 amide bonds. The highest BCUT2D eigenvalue weighted by Gasteiger charge is 2.15. The Kier molecular flexibility index (Phi) is 4.27. The zero-order chi connectivity index (χ0) is 15.4. The summed E-state index contributed by atoms with van der Waals surface area (Å²) in [5.74, 6) is 0. The molecule has 0 bridgehead atoms. The number of aliphatic hydroxyl groups excluding tert-OH is 1. The Hall–Kier alpha value is -2.50. The molecule has 0 radical (unpaired) electrons. The molecule has 0 saturated heterocycles. The Morgan fingerprint density at radius 2 is 1.82 bits per heavy atom. The van der Waals surface area contributed by atoms with Crippen molar-refractivity contribution in [1.29, 1.82) is 0 Å². The Balaban J connectivity index is 1.71. The van der Waals surface area contributed by atoms with Crippen LogP contribution in [-0.4, -0.2) is 11.4 Å². The molecule has 0 spiro atoms. The minimum absolute atomic E-state index is 0.105. The summed E-state index contributed by atoms with van der Waals surface area (Å²) in [6.07, 6.45) is 3.16. The van der Waals surface area contributed by atoms with E-state index in [2.05, 4.69) is 28.2 Å². The van der Waals surface area contributed by atoms with E-state index in [4.69, 9.17) is 0 Å². The first-order valence-corrected chi connectivity index (χ1v) is 7.34. The number of nitrogens with two attached hydrogens (primary N) is 1. The molecule has 2 aromatic carbocycles. The molecular formula is C17H21N4O+. The van der Waals surface area contributed by atoms with Crippen LogP contribution in [0.1, 0.15) is 17.4 Å². The monoisotopic (exact) mass is 297 g/mol. The maximum absolute atomic E-state index is 10.3. The van der Waals surface area contributed by atoms with Crippen LogP contribution in [0.5, 0.6) is 0 Å². The van der Waals surface area contributed by atoms with Crippen LogP contribution >= 0.6 is 0 Å². The van der Waals surface area contributed by atoms with Gasteiger partial charge in [0, 0.05) is 35.3 Å². The average molecular weight is 297 g/mol. The molecule has 0 aliphatic carbocycles. The summed E-state index contributed by atoms with van der Waals surface area (Å²) in [5, 5.41) is 21.9. The van der Waals surface area contributed by atoms with Gasteiger partial charge in [0.25, 0.3) is 0 Å². The number of rotatable bonds is 5. The lowest BCUT2D eigenvalue weighted by molar-refractivity contribution is -0.619. The summed E-state index contributed by atoms with van der Waals surface area (Å²) in [6.45, 7) is 2.08. The lowest BCUT2D eigenvalue weighted by Gasteiger charge is -2.17. The number of aryl methyl sites for hydroxylation is 1. The van der Waals surface area contributed by atoms with E-state index in [-0.39, 0.29) is 6.29 Å². The molecule has 5 nitrogen and oxygen atoms in total. The predicted octanol–water partition coefficient (Wildman–Crippen LogP) is 1.24. The van der Waals surface area contributed by atoms with Crippen LogP contribution in [0.2, 0.25) is 0 Å². The summed E-state index contributed by atoms with van der Waals surface area (Å²) in [5.41, 5.74) is 4.05. The molecule has 0 aromatic heterocycles. The summed E-state index contributed by atoms with van der Waals surface area (Å²) < 4.78 is 0. The van der Waals surface area contributed by atoms with Crippen LogP contribution in [0.3, 0.4) is 0 Å². The first-order chi connectivity index (χ1) is 10.7. The molecule has 5 heteroatoms. The molecule has 1 heterocycles. The van der Waals surface area contributed by atoms with E-state index in [0.29, 0.717) is 0 Å². The van der Waals surface area contributed by atoms with Crippen molar-refractivity contribution in [2.24, 2.45) is 0 Å². The molecule has 114 valence electrons. The van der Waals surface area contributed by atoms with Gasteiger partial charge < -0.3 is 21.1 Å². The van der Waals surface area contributed by atoms with Crippen LogP contribution in [0.4, 0.5) is 11.4 Å². The highest BCUT2D eigenvalue weighted by molar-refractivity contribution is 5.55. The van der Waals surface area contributed by atoms with Crippen molar-refractivity contribution in [3.8, 4) is 0 Å². The first kappa shape index (κ1) is 14.4. The standard InChI is InChI=1S/C17H20N4O/c1-12-7-8-14(11-15(12)21-17-18-9-10-19-17)20-16(22)13-5-3-2-4-6-13/h2-11,16-22H,1H3/p+1. The van der Waals surface area contributed by atoms with Gasteiger partial charge in [0.05, 0.1) is 0 Å². The summed E-state index contributed by atoms with van der Waals surface area (Å²) >= 11 is 0. The van der Waals surface area contributed by atoms with Gasteiger partial charge in [0.2, 0.25) is 6.29 Å². The van der Waals surface area contributed by atoms with Gasteiger partial charge in [-0.3, -0.25) is 5.32 Å². The number of benzene rings is 2. The first-order valence-electron chi connectivity index (χ1n) is 7.34. The quantitative estimate of drug-likeness (QED) is 0.425. The fourth-order valence-electron chi connectivity index (χ4n) is 2.41. The van der Waals surface area contributed by atoms with Crippen molar-refractivity contribution in [2.75, 3.05) is 5.32 Å². The minimum atomic E-state index is -0.721. The Morgan fingerprint density at radius 1 is 1.09 bits per heavy atom. The average Bonchev–Trinajstić information content (AvgIpc) is 3.04. The van der Waals surface area contributed by atoms with Gasteiger partial charge >= 0.3 is 0 Å². The molecule has 2 aromatic rings. The molecule has 1 aliphatic heterocycles. The van der Waals surface area contributed by atoms with Gasteiger partial charge in [-0.05, 0) is 13.0 Å². The second-order valence-corrected chi connectivity index (χ2v) is 5.34. The van der Waals surface area contributed by atoms with Crippen molar-refractivity contribution in [2.45, 2.75) is 19.4 Å². The van der Waals surface area contributed by atoms with E-state index in [0.717, 1.165) is 16.9 Å². The Morgan fingerprint density at radius 3 is 2.55 bits per heavy atom. The third kappa shape index (κ3) is 3.39. The third-order valence-electron chi connectivity index (χ3n) is 3.68. The van der Waals surface area contributed by atoms with E-state index in [1.807, 2.05) is 60.9 Å². The lowest BCUT2D eigenvalue weighted by atomic mass is 10.1. The Bertz CT molecular complexity index is 649. The zero-order valence-electron chi connectivity index (χ0n) is 12.5. The molecule has 1 atom stereocenters. The minimum Gasteiger partial charge on any atom is -0.369 e. The number of quaternary nitrogens is 1. The van der Waals surface area contributed by atoms with Gasteiger partial charge in [0.15, 0.2) is 6.23 Å². The van der Waals surface area contributed by atoms with Crippen molar-refractivity contribution < 1.29 is 10.4 Å². The van der Waals surface area contributed by atoms with Crippen molar-refractivity contribution in [3.63, 3.8) is 0 Å². The summed E-state index contributed by atoms with van der Waals surface area (Å²) in [4.78, 5) is 0. The molecule has 1 unspecified atom stereocenters. The van der Waals surface area contributed by atoms with Crippen LogP contribution in [0.25, 0.3) is 0 Å². The highest BCUT2D eigenvalue weighted by Crippen LogP contribution is 2.21. The number of aliphatic hydroxyl groups is 1. The second-order valence-electron chi connectivity index (χ2n) is 5.34. The highest BCUT2D eigenvalue weighted by atomic mass is 16.3. The number of nitrogens with one attached hydrogen (secondary N) is 3. The van der Waals surface area contributed by atoms with Crippen LogP contribution in [0.15, 0.2) is 60.9 Å². The molecule has 22 heavy (non-hydrogen) atoms. The number of hydrogen-bond donors (Lipinski definition) is 5. The fraction of sp³-hybridized carbons (Fsp3) is 0.176. The maximum atomic E-state index is 10.3. The molecule has 0 fully saturated rings. The van der Waals surface area contributed by atoms with E-state index < -0.39 is 6.23 Å². The molecule has 1 aliphatic rings. The smallest absolute Gasteiger partial charge is 0.241 e. The summed E-state index contributed by atoms with van der Waals surface area (Å²) in [6, 6.07) is 15.6. The van der Waals surface area contributed by atoms with Gasteiger partial charge in [-0.15, -0.1) is 0 Å². The number of hydrogen-bond acceptors (Lipinski definition) is 4. The van der Waals surface area contributed by atoms with E-state index >= 15 is 0 Å². The van der Waals surface area contributed by atoms with Gasteiger partial charge in [0.1, 0.15) is 5.69 Å². The molecule has 0 saturated carbocycles. The summed E-state index contributed by atoms with van der Waals surface area (Å²) in [7, 11) is 0. The van der Waals surface area contributed by atoms with Gasteiger partial charge in [-0.1, -0.05) is 36.4 Å². The van der Waals surface area contributed by atoms with E-state index in [9.17, 15) is 5.11 Å². The number of anilines is 1. The van der Waals surface area contributed by atoms with Crippen molar-refractivity contribution in [1.82, 2.24) is 10.6 Å². The topological polar surface area (TPSA) is 72.9 Å². The molecule has 6 N–H and O–H groups in total. The van der Waals surface area contributed by atoms with Crippen LogP contribution < -0.4 is 21.3 Å². The van der Waals surface area contributed by atoms with Crippen molar-refractivity contribution in [3.05, 3.63) is 72.1 Å². The predicted molar refractivity (Wildman–Crippen MR) is 87.0 cm³/mol.